The Balaban J connectivity index is 2.87. The van der Waals surface area contributed by atoms with E-state index in [-0.39, 0.29) is 11.5 Å². The summed E-state index contributed by atoms with van der Waals surface area (Å²) in [5.74, 6) is -0.178. The molecule has 0 saturated heterocycles. The zero-order valence-electron chi connectivity index (χ0n) is 7.27. The van der Waals surface area contributed by atoms with E-state index in [1.54, 1.807) is 0 Å². The van der Waals surface area contributed by atoms with Gasteiger partial charge in [-0.2, -0.15) is 0 Å². The minimum Gasteiger partial charge on any atom is -0.294 e. The van der Waals surface area contributed by atoms with Crippen LogP contribution in [0.5, 0.6) is 0 Å². The van der Waals surface area contributed by atoms with Gasteiger partial charge in [0.05, 0.1) is 4.88 Å². The van der Waals surface area contributed by atoms with Gasteiger partial charge in [-0.3, -0.25) is 4.79 Å². The largest absolute Gasteiger partial charge is 0.294 e. The fourth-order valence-electron chi connectivity index (χ4n) is 0.764. The second-order valence-corrected chi connectivity index (χ2v) is 6.00. The number of hydrogen-bond donors (Lipinski definition) is 0. The molecular weight excluding hydrogens is 210 g/mol. The monoisotopic (exact) mass is 219 g/mol. The molecule has 0 aliphatic carbocycles. The standard InChI is InChI=1S/C7H9NO3S2/c1-5(9)6-3-8-7(12-6)4-13(2,10)11/h3H,4H2,1-2H3. The summed E-state index contributed by atoms with van der Waals surface area (Å²) in [5.41, 5.74) is 0. The summed E-state index contributed by atoms with van der Waals surface area (Å²) in [6, 6.07) is 0. The fourth-order valence-corrected chi connectivity index (χ4v) is 2.77. The van der Waals surface area contributed by atoms with Crippen LogP contribution in [0.1, 0.15) is 21.6 Å². The lowest BCUT2D eigenvalue weighted by molar-refractivity contribution is 0.102. The van der Waals surface area contributed by atoms with Crippen LogP contribution in [0.2, 0.25) is 0 Å². The fraction of sp³-hybridized carbons (Fsp3) is 0.429. The van der Waals surface area contributed by atoms with Crippen molar-refractivity contribution in [3.8, 4) is 0 Å². The van der Waals surface area contributed by atoms with Crippen molar-refractivity contribution in [2.45, 2.75) is 12.7 Å². The minimum absolute atomic E-state index is 0.0859. The number of nitrogens with zero attached hydrogens (tertiary/aromatic N) is 1. The molecule has 0 saturated carbocycles. The van der Waals surface area contributed by atoms with Crippen LogP contribution in [-0.2, 0) is 15.6 Å². The molecule has 0 N–H and O–H groups in total. The first-order valence-corrected chi connectivity index (χ1v) is 6.39. The van der Waals surface area contributed by atoms with E-state index in [2.05, 4.69) is 4.98 Å². The predicted octanol–water partition coefficient (Wildman–Crippen LogP) is 0.890. The number of rotatable bonds is 3. The highest BCUT2D eigenvalue weighted by atomic mass is 32.2. The third-order valence-corrected chi connectivity index (χ3v) is 3.36. The highest BCUT2D eigenvalue weighted by molar-refractivity contribution is 7.90. The number of carbonyl (C=O) groups is 1. The molecule has 0 spiro atoms. The lowest BCUT2D eigenvalue weighted by Crippen LogP contribution is -1.99. The van der Waals surface area contributed by atoms with E-state index in [9.17, 15) is 13.2 Å². The quantitative estimate of drug-likeness (QED) is 0.708. The Morgan fingerprint density at radius 1 is 1.62 bits per heavy atom. The molecule has 13 heavy (non-hydrogen) atoms. The molecular formula is C7H9NO3S2. The zero-order chi connectivity index (χ0) is 10.1. The van der Waals surface area contributed by atoms with Gasteiger partial charge in [0.15, 0.2) is 15.6 Å². The molecule has 1 rings (SSSR count). The number of Topliss-reactive ketones (excluding diaryl/α,β-unsaturated/α-hetero) is 1. The van der Waals surface area contributed by atoms with Crippen molar-refractivity contribution >= 4 is 27.0 Å². The molecule has 0 aliphatic rings. The third kappa shape index (κ3) is 3.23. The molecule has 0 fully saturated rings. The van der Waals surface area contributed by atoms with Gasteiger partial charge in [-0.05, 0) is 0 Å². The van der Waals surface area contributed by atoms with Gasteiger partial charge in [-0.15, -0.1) is 11.3 Å². The van der Waals surface area contributed by atoms with Crippen molar-refractivity contribution < 1.29 is 13.2 Å². The maximum Gasteiger partial charge on any atom is 0.171 e. The Labute approximate surface area is 80.5 Å². The molecule has 0 atom stereocenters. The minimum atomic E-state index is -3.05. The zero-order valence-corrected chi connectivity index (χ0v) is 8.91. The van der Waals surface area contributed by atoms with Gasteiger partial charge in [0, 0.05) is 19.4 Å². The molecule has 1 heterocycles. The highest BCUT2D eigenvalue weighted by Crippen LogP contribution is 2.15. The second kappa shape index (κ2) is 3.55. The number of sulfone groups is 1. The molecule has 0 radical (unpaired) electrons. The Kier molecular flexibility index (Phi) is 2.82. The van der Waals surface area contributed by atoms with Crippen molar-refractivity contribution in [2.24, 2.45) is 0 Å². The topological polar surface area (TPSA) is 64.1 Å². The molecule has 0 bridgehead atoms. The molecule has 1 aromatic rings. The van der Waals surface area contributed by atoms with Crippen LogP contribution in [0.15, 0.2) is 6.20 Å². The van der Waals surface area contributed by atoms with E-state index in [1.165, 1.54) is 13.1 Å². The first kappa shape index (κ1) is 10.3. The van der Waals surface area contributed by atoms with Crippen LogP contribution in [0.4, 0.5) is 0 Å². The van der Waals surface area contributed by atoms with Crippen LogP contribution in [0.3, 0.4) is 0 Å². The SMILES string of the molecule is CC(=O)c1cnc(CS(C)(=O)=O)s1. The average Bonchev–Trinajstić information content (AvgIpc) is 2.31. The first-order valence-electron chi connectivity index (χ1n) is 3.52. The Hall–Kier alpha value is -0.750. The Morgan fingerprint density at radius 3 is 2.62 bits per heavy atom. The molecule has 72 valence electrons. The van der Waals surface area contributed by atoms with Crippen molar-refractivity contribution in [3.63, 3.8) is 0 Å². The smallest absolute Gasteiger partial charge is 0.171 e. The molecule has 0 unspecified atom stereocenters. The van der Waals surface area contributed by atoms with Crippen molar-refractivity contribution in [1.29, 1.82) is 0 Å². The summed E-state index contributed by atoms with van der Waals surface area (Å²) >= 11 is 1.13. The first-order chi connectivity index (χ1) is 5.88. The van der Waals surface area contributed by atoms with E-state index in [1.807, 2.05) is 0 Å². The lowest BCUT2D eigenvalue weighted by atomic mass is 10.4. The van der Waals surface area contributed by atoms with Gasteiger partial charge >= 0.3 is 0 Å². The van der Waals surface area contributed by atoms with Gasteiger partial charge in [-0.1, -0.05) is 0 Å². The lowest BCUT2D eigenvalue weighted by Gasteiger charge is -1.90. The van der Waals surface area contributed by atoms with E-state index < -0.39 is 9.84 Å². The Morgan fingerprint density at radius 2 is 2.23 bits per heavy atom. The molecule has 6 heteroatoms. The van der Waals surface area contributed by atoms with Gasteiger partial charge in [0.25, 0.3) is 0 Å². The van der Waals surface area contributed by atoms with E-state index in [4.69, 9.17) is 0 Å². The van der Waals surface area contributed by atoms with E-state index in [0.29, 0.717) is 9.88 Å². The summed E-state index contributed by atoms with van der Waals surface area (Å²) in [5, 5.41) is 0.465. The maximum absolute atomic E-state index is 10.9. The predicted molar refractivity (Wildman–Crippen MR) is 50.7 cm³/mol. The summed E-state index contributed by atoms with van der Waals surface area (Å²) in [7, 11) is -3.05. The van der Waals surface area contributed by atoms with Gasteiger partial charge in [-0.25, -0.2) is 13.4 Å². The molecule has 0 aliphatic heterocycles. The van der Waals surface area contributed by atoms with Gasteiger partial charge < -0.3 is 0 Å². The third-order valence-electron chi connectivity index (χ3n) is 1.29. The van der Waals surface area contributed by atoms with Gasteiger partial charge in [0.2, 0.25) is 0 Å². The number of carbonyl (C=O) groups excluding carboxylic acids is 1. The molecule has 0 amide bonds. The van der Waals surface area contributed by atoms with Crippen LogP contribution in [-0.4, -0.2) is 25.4 Å². The summed E-state index contributed by atoms with van der Waals surface area (Å²) in [4.78, 5) is 15.2. The van der Waals surface area contributed by atoms with Crippen LogP contribution in [0.25, 0.3) is 0 Å². The maximum atomic E-state index is 10.9. The molecule has 1 aromatic heterocycles. The van der Waals surface area contributed by atoms with Crippen molar-refractivity contribution in [2.75, 3.05) is 6.26 Å². The normalized spacial score (nSPS) is 11.5. The van der Waals surface area contributed by atoms with E-state index in [0.717, 1.165) is 17.6 Å². The van der Waals surface area contributed by atoms with Crippen LogP contribution < -0.4 is 0 Å². The van der Waals surface area contributed by atoms with Crippen molar-refractivity contribution in [3.05, 3.63) is 16.1 Å². The van der Waals surface area contributed by atoms with Crippen LogP contribution >= 0.6 is 11.3 Å². The van der Waals surface area contributed by atoms with E-state index >= 15 is 0 Å². The number of hydrogen-bond acceptors (Lipinski definition) is 5. The van der Waals surface area contributed by atoms with Crippen LogP contribution in [0, 0.1) is 0 Å². The van der Waals surface area contributed by atoms with Gasteiger partial charge in [0.1, 0.15) is 10.8 Å². The summed E-state index contributed by atoms with van der Waals surface area (Å²) in [6.07, 6.45) is 2.55. The number of thiazole rings is 1. The number of ketones is 1. The second-order valence-electron chi connectivity index (χ2n) is 2.74. The highest BCUT2D eigenvalue weighted by Gasteiger charge is 2.10. The Bertz CT molecular complexity index is 419. The molecule has 0 aromatic carbocycles. The summed E-state index contributed by atoms with van der Waals surface area (Å²) < 4.78 is 21.7. The number of aromatic nitrogens is 1. The molecule has 4 nitrogen and oxygen atoms in total. The average molecular weight is 219 g/mol. The summed E-state index contributed by atoms with van der Waals surface area (Å²) in [6.45, 7) is 1.43. The van der Waals surface area contributed by atoms with Crippen molar-refractivity contribution in [1.82, 2.24) is 4.98 Å².